The Balaban J connectivity index is 2.06. The van der Waals surface area contributed by atoms with Crippen molar-refractivity contribution in [2.45, 2.75) is 18.9 Å². The van der Waals surface area contributed by atoms with Crippen LogP contribution in [0.5, 0.6) is 0 Å². The number of anilines is 1. The van der Waals surface area contributed by atoms with Gasteiger partial charge in [-0.15, -0.1) is 0 Å². The molecule has 0 spiro atoms. The predicted octanol–water partition coefficient (Wildman–Crippen LogP) is 2.92. The van der Waals surface area contributed by atoms with Crippen LogP contribution in [0.15, 0.2) is 18.2 Å². The molecule has 6 heteroatoms. The lowest BCUT2D eigenvalue weighted by molar-refractivity contribution is -0.120. The first-order valence-electron chi connectivity index (χ1n) is 5.98. The number of nitriles is 1. The lowest BCUT2D eigenvalue weighted by Crippen LogP contribution is -2.39. The Bertz CT molecular complexity index is 527. The average molecular weight is 298 g/mol. The summed E-state index contributed by atoms with van der Waals surface area (Å²) in [6.45, 7) is 1.05. The van der Waals surface area contributed by atoms with E-state index in [-0.39, 0.29) is 18.5 Å². The van der Waals surface area contributed by atoms with Crippen LogP contribution in [0, 0.1) is 11.3 Å². The number of halogens is 2. The maximum atomic E-state index is 12.2. The fourth-order valence-corrected chi connectivity index (χ4v) is 2.67. The quantitative estimate of drug-likeness (QED) is 0.873. The zero-order valence-corrected chi connectivity index (χ0v) is 11.7. The normalized spacial score (nSPS) is 19.1. The van der Waals surface area contributed by atoms with Gasteiger partial charge in [0.05, 0.1) is 29.4 Å². The number of hydrogen-bond acceptors (Lipinski definition) is 3. The third-order valence-corrected chi connectivity index (χ3v) is 3.68. The van der Waals surface area contributed by atoms with Crippen LogP contribution in [0.3, 0.4) is 0 Å². The topological polar surface area (TPSA) is 56.1 Å². The number of hydrogen-bond donors (Lipinski definition) is 1. The molecule has 0 unspecified atom stereocenters. The van der Waals surface area contributed by atoms with Crippen molar-refractivity contribution in [3.05, 3.63) is 28.2 Å². The van der Waals surface area contributed by atoms with Crippen molar-refractivity contribution in [1.29, 1.82) is 5.26 Å². The molecule has 1 fully saturated rings. The van der Waals surface area contributed by atoms with Gasteiger partial charge < -0.3 is 5.32 Å². The largest absolute Gasteiger partial charge is 0.323 e. The highest BCUT2D eigenvalue weighted by atomic mass is 35.5. The summed E-state index contributed by atoms with van der Waals surface area (Å²) in [5, 5.41) is 12.4. The molecule has 2 rings (SSSR count). The Hall–Kier alpha value is -1.28. The summed E-state index contributed by atoms with van der Waals surface area (Å²) in [6, 6.07) is 6.75. The van der Waals surface area contributed by atoms with Gasteiger partial charge in [-0.25, -0.2) is 0 Å². The molecule has 0 aromatic heterocycles. The monoisotopic (exact) mass is 297 g/mol. The summed E-state index contributed by atoms with van der Waals surface area (Å²) in [4.78, 5) is 14.1. The summed E-state index contributed by atoms with van der Waals surface area (Å²) < 4.78 is 0. The zero-order chi connectivity index (χ0) is 13.8. The van der Waals surface area contributed by atoms with Crippen molar-refractivity contribution >= 4 is 34.8 Å². The molecule has 0 bridgehead atoms. The predicted molar refractivity (Wildman–Crippen MR) is 75.3 cm³/mol. The van der Waals surface area contributed by atoms with Gasteiger partial charge >= 0.3 is 0 Å². The highest BCUT2D eigenvalue weighted by Crippen LogP contribution is 2.26. The number of nitrogens with one attached hydrogen (secondary N) is 1. The van der Waals surface area contributed by atoms with Gasteiger partial charge in [0, 0.05) is 11.6 Å². The molecule has 1 aliphatic heterocycles. The van der Waals surface area contributed by atoms with Gasteiger partial charge in [0.25, 0.3) is 0 Å². The van der Waals surface area contributed by atoms with Crippen molar-refractivity contribution in [1.82, 2.24) is 4.90 Å². The Morgan fingerprint density at radius 2 is 2.32 bits per heavy atom. The average Bonchev–Trinajstić information content (AvgIpc) is 2.81. The van der Waals surface area contributed by atoms with Crippen molar-refractivity contribution in [3.8, 4) is 6.07 Å². The molecule has 1 N–H and O–H groups in total. The van der Waals surface area contributed by atoms with Crippen LogP contribution in [0.2, 0.25) is 10.0 Å². The van der Waals surface area contributed by atoms with E-state index in [9.17, 15) is 4.79 Å². The molecule has 0 aliphatic carbocycles. The van der Waals surface area contributed by atoms with E-state index >= 15 is 0 Å². The minimum absolute atomic E-state index is 0.128. The molecule has 19 heavy (non-hydrogen) atoms. The van der Waals surface area contributed by atoms with E-state index in [1.54, 1.807) is 18.2 Å². The first-order chi connectivity index (χ1) is 9.11. The van der Waals surface area contributed by atoms with Gasteiger partial charge in [-0.3, -0.25) is 9.69 Å². The molecule has 1 atom stereocenters. The van der Waals surface area contributed by atoms with E-state index < -0.39 is 0 Å². The van der Waals surface area contributed by atoms with E-state index in [1.165, 1.54) is 0 Å². The lowest BCUT2D eigenvalue weighted by Gasteiger charge is -2.20. The van der Waals surface area contributed by atoms with Crippen LogP contribution in [0.4, 0.5) is 5.69 Å². The Kier molecular flexibility index (Phi) is 4.65. The molecular formula is C13H13Cl2N3O. The van der Waals surface area contributed by atoms with Gasteiger partial charge in [0.1, 0.15) is 0 Å². The van der Waals surface area contributed by atoms with Crippen LogP contribution < -0.4 is 5.32 Å². The van der Waals surface area contributed by atoms with Crippen molar-refractivity contribution in [2.75, 3.05) is 18.4 Å². The van der Waals surface area contributed by atoms with Crippen LogP contribution in [-0.4, -0.2) is 29.9 Å². The first kappa shape index (κ1) is 14.1. The molecule has 1 amide bonds. The molecule has 1 saturated heterocycles. The third-order valence-electron chi connectivity index (χ3n) is 3.13. The second kappa shape index (κ2) is 6.25. The highest BCUT2D eigenvalue weighted by molar-refractivity contribution is 6.36. The molecule has 1 heterocycles. The molecule has 0 saturated carbocycles. The molecular weight excluding hydrogens is 285 g/mol. The van der Waals surface area contributed by atoms with Crippen molar-refractivity contribution in [3.63, 3.8) is 0 Å². The van der Waals surface area contributed by atoms with Crippen LogP contribution in [0.25, 0.3) is 0 Å². The van der Waals surface area contributed by atoms with Crippen molar-refractivity contribution < 1.29 is 4.79 Å². The van der Waals surface area contributed by atoms with E-state index in [0.29, 0.717) is 15.7 Å². The Labute approximate surface area is 121 Å². The number of carbonyl (C=O) groups excluding carboxylic acids is 1. The summed E-state index contributed by atoms with van der Waals surface area (Å²) in [7, 11) is 0. The summed E-state index contributed by atoms with van der Waals surface area (Å²) >= 11 is 11.8. The lowest BCUT2D eigenvalue weighted by atomic mass is 10.2. The van der Waals surface area contributed by atoms with Gasteiger partial charge in [-0.05, 0) is 31.0 Å². The second-order valence-corrected chi connectivity index (χ2v) is 5.24. The number of nitrogens with zero attached hydrogens (tertiary/aromatic N) is 2. The zero-order valence-electron chi connectivity index (χ0n) is 10.2. The minimum atomic E-state index is -0.258. The van der Waals surface area contributed by atoms with E-state index in [1.807, 2.05) is 4.90 Å². The molecule has 1 aliphatic rings. The van der Waals surface area contributed by atoms with Crippen molar-refractivity contribution in [2.24, 2.45) is 0 Å². The van der Waals surface area contributed by atoms with Crippen LogP contribution >= 0.6 is 23.2 Å². The fraction of sp³-hybridized carbons (Fsp3) is 0.385. The Morgan fingerprint density at radius 3 is 3.00 bits per heavy atom. The van der Waals surface area contributed by atoms with Gasteiger partial charge in [-0.1, -0.05) is 23.2 Å². The number of rotatable bonds is 3. The summed E-state index contributed by atoms with van der Waals surface area (Å²) in [6.07, 6.45) is 1.69. The van der Waals surface area contributed by atoms with E-state index in [0.717, 1.165) is 19.4 Å². The van der Waals surface area contributed by atoms with Gasteiger partial charge in [0.2, 0.25) is 5.91 Å². The Morgan fingerprint density at radius 1 is 1.53 bits per heavy atom. The SMILES string of the molecule is N#CCN1CCC[C@H]1C(=O)Nc1ccc(Cl)cc1Cl. The smallest absolute Gasteiger partial charge is 0.241 e. The maximum Gasteiger partial charge on any atom is 0.241 e. The van der Waals surface area contributed by atoms with Crippen LogP contribution in [0.1, 0.15) is 12.8 Å². The number of benzene rings is 1. The third kappa shape index (κ3) is 3.38. The van der Waals surface area contributed by atoms with Gasteiger partial charge in [-0.2, -0.15) is 5.26 Å². The molecule has 1 aromatic carbocycles. The van der Waals surface area contributed by atoms with E-state index in [4.69, 9.17) is 28.5 Å². The highest BCUT2D eigenvalue weighted by Gasteiger charge is 2.30. The van der Waals surface area contributed by atoms with E-state index in [2.05, 4.69) is 11.4 Å². The van der Waals surface area contributed by atoms with Gasteiger partial charge in [0.15, 0.2) is 0 Å². The number of carbonyl (C=O) groups is 1. The molecule has 0 radical (unpaired) electrons. The standard InChI is InChI=1S/C13H13Cl2N3O/c14-9-3-4-11(10(15)8-9)17-13(19)12-2-1-6-18(12)7-5-16/h3-4,8,12H,1-2,6-7H2,(H,17,19)/t12-/m0/s1. The first-order valence-corrected chi connectivity index (χ1v) is 6.74. The molecule has 100 valence electrons. The summed E-state index contributed by atoms with van der Waals surface area (Å²) in [5.74, 6) is -0.128. The fourth-order valence-electron chi connectivity index (χ4n) is 2.21. The molecule has 1 aromatic rings. The number of amides is 1. The summed E-state index contributed by atoms with van der Waals surface area (Å²) in [5.41, 5.74) is 0.542. The molecule has 4 nitrogen and oxygen atoms in total. The maximum absolute atomic E-state index is 12.2. The number of likely N-dealkylation sites (tertiary alicyclic amines) is 1. The second-order valence-electron chi connectivity index (χ2n) is 4.40. The minimum Gasteiger partial charge on any atom is -0.323 e. The van der Waals surface area contributed by atoms with Crippen LogP contribution in [-0.2, 0) is 4.79 Å².